The van der Waals surface area contributed by atoms with Gasteiger partial charge in [0, 0.05) is 31.2 Å². The molecule has 1 N–H and O–H groups in total. The lowest BCUT2D eigenvalue weighted by molar-refractivity contribution is 0.505. The monoisotopic (exact) mass is 284 g/mol. The van der Waals surface area contributed by atoms with Gasteiger partial charge in [0.2, 0.25) is 0 Å². The standard InChI is InChI=1S/C11H14ClN4OP/c12-11-3-1-10(2-4-11)9-13-14-18(17,15-5-6-15)16-7-8-16/h1-4,9H,5-8H2,(H,14,17)/b13-9+. The van der Waals surface area contributed by atoms with Gasteiger partial charge in [-0.2, -0.15) is 5.10 Å². The Kier molecular flexibility index (Phi) is 3.16. The normalized spacial score (nSPS) is 20.3. The molecule has 0 atom stereocenters. The van der Waals surface area contributed by atoms with E-state index < -0.39 is 7.59 Å². The van der Waals surface area contributed by atoms with Crippen LogP contribution in [0.3, 0.4) is 0 Å². The number of benzene rings is 1. The van der Waals surface area contributed by atoms with Gasteiger partial charge in [-0.05, 0) is 17.7 Å². The van der Waals surface area contributed by atoms with Crippen LogP contribution in [-0.4, -0.2) is 41.7 Å². The Morgan fingerprint density at radius 3 is 2.22 bits per heavy atom. The summed E-state index contributed by atoms with van der Waals surface area (Å²) in [5.74, 6) is 0. The van der Waals surface area contributed by atoms with Crippen molar-refractivity contribution in [1.82, 2.24) is 14.5 Å². The number of nitrogens with zero attached hydrogens (tertiary/aromatic N) is 3. The number of hydrogen-bond acceptors (Lipinski definition) is 2. The van der Waals surface area contributed by atoms with E-state index in [-0.39, 0.29) is 0 Å². The van der Waals surface area contributed by atoms with Crippen LogP contribution < -0.4 is 5.20 Å². The zero-order valence-corrected chi connectivity index (χ0v) is 11.4. The van der Waals surface area contributed by atoms with Crippen LogP contribution in [0.4, 0.5) is 0 Å². The summed E-state index contributed by atoms with van der Waals surface area (Å²) in [5, 5.41) is 7.62. The second-order valence-electron chi connectivity index (χ2n) is 4.36. The van der Waals surface area contributed by atoms with Gasteiger partial charge in [0.05, 0.1) is 6.21 Å². The molecule has 0 aliphatic carbocycles. The first kappa shape index (κ1) is 12.2. The maximum Gasteiger partial charge on any atom is 0.324 e. The molecule has 3 rings (SSSR count). The van der Waals surface area contributed by atoms with E-state index in [0.717, 1.165) is 31.7 Å². The molecule has 0 amide bonds. The molecule has 1 aromatic carbocycles. The van der Waals surface area contributed by atoms with Crippen LogP contribution in [0.5, 0.6) is 0 Å². The summed E-state index contributed by atoms with van der Waals surface area (Å²) in [6, 6.07) is 7.34. The maximum atomic E-state index is 12.6. The van der Waals surface area contributed by atoms with Crippen molar-refractivity contribution < 1.29 is 4.57 Å². The predicted octanol–water partition coefficient (Wildman–Crippen LogP) is 2.00. The van der Waals surface area contributed by atoms with Crippen LogP contribution in [0, 0.1) is 0 Å². The SMILES string of the molecule is O=P(N/N=C/c1ccc(Cl)cc1)(N1CC1)N1CC1. The van der Waals surface area contributed by atoms with Gasteiger partial charge in [-0.15, -0.1) is 0 Å². The first-order valence-electron chi connectivity index (χ1n) is 5.85. The number of halogens is 1. The number of hydrogen-bond donors (Lipinski definition) is 1. The molecular weight excluding hydrogens is 271 g/mol. The van der Waals surface area contributed by atoms with Crippen molar-refractivity contribution in [3.8, 4) is 0 Å². The fourth-order valence-electron chi connectivity index (χ4n) is 1.66. The Bertz CT molecular complexity index is 494. The molecule has 96 valence electrons. The molecule has 2 fully saturated rings. The lowest BCUT2D eigenvalue weighted by Gasteiger charge is -2.18. The van der Waals surface area contributed by atoms with Gasteiger partial charge in [-0.3, -0.25) is 4.57 Å². The van der Waals surface area contributed by atoms with Crippen molar-refractivity contribution in [2.24, 2.45) is 5.10 Å². The number of rotatable bonds is 5. The van der Waals surface area contributed by atoms with Crippen LogP contribution >= 0.6 is 19.2 Å². The summed E-state index contributed by atoms with van der Waals surface area (Å²) in [7, 11) is -2.59. The zero-order chi connectivity index (χ0) is 12.6. The second-order valence-corrected chi connectivity index (χ2v) is 7.22. The van der Waals surface area contributed by atoms with Gasteiger partial charge in [-0.25, -0.2) is 14.5 Å². The lowest BCUT2D eigenvalue weighted by Crippen LogP contribution is -2.16. The minimum atomic E-state index is -2.59. The minimum Gasteiger partial charge on any atom is -0.262 e. The average Bonchev–Trinajstić information content (AvgIpc) is 3.21. The van der Waals surface area contributed by atoms with Gasteiger partial charge >= 0.3 is 7.59 Å². The third kappa shape index (κ3) is 2.59. The number of nitrogens with one attached hydrogen (secondary N) is 1. The molecule has 0 unspecified atom stereocenters. The molecule has 0 spiro atoms. The van der Waals surface area contributed by atoms with Crippen molar-refractivity contribution in [2.75, 3.05) is 26.2 Å². The maximum absolute atomic E-state index is 12.6. The predicted molar refractivity (Wildman–Crippen MR) is 72.9 cm³/mol. The molecule has 0 saturated carbocycles. The summed E-state index contributed by atoms with van der Waals surface area (Å²) in [6.45, 7) is 3.54. The van der Waals surface area contributed by atoms with Gasteiger partial charge in [0.15, 0.2) is 0 Å². The van der Waals surface area contributed by atoms with E-state index in [0.29, 0.717) is 5.02 Å². The molecule has 0 bridgehead atoms. The first-order chi connectivity index (χ1) is 8.68. The molecular formula is C11H14ClN4OP. The Morgan fingerprint density at radius 2 is 1.72 bits per heavy atom. The van der Waals surface area contributed by atoms with Crippen molar-refractivity contribution in [1.29, 1.82) is 0 Å². The van der Waals surface area contributed by atoms with Gasteiger partial charge < -0.3 is 0 Å². The van der Waals surface area contributed by atoms with E-state index in [2.05, 4.69) is 10.3 Å². The third-order valence-electron chi connectivity index (χ3n) is 2.89. The van der Waals surface area contributed by atoms with Crippen LogP contribution in [0.15, 0.2) is 29.4 Å². The zero-order valence-electron chi connectivity index (χ0n) is 9.79. The second kappa shape index (κ2) is 4.67. The van der Waals surface area contributed by atoms with Crippen molar-refractivity contribution in [2.45, 2.75) is 0 Å². The number of hydrazone groups is 1. The molecule has 0 aromatic heterocycles. The molecule has 2 heterocycles. The Hall–Kier alpha value is -0.870. The highest BCUT2D eigenvalue weighted by molar-refractivity contribution is 7.57. The molecule has 2 saturated heterocycles. The van der Waals surface area contributed by atoms with Gasteiger partial charge in [0.25, 0.3) is 0 Å². The lowest BCUT2D eigenvalue weighted by atomic mass is 10.2. The summed E-state index contributed by atoms with van der Waals surface area (Å²) in [6.07, 6.45) is 1.66. The van der Waals surface area contributed by atoms with Crippen molar-refractivity contribution >= 4 is 25.4 Å². The molecule has 7 heteroatoms. The topological polar surface area (TPSA) is 47.5 Å². The minimum absolute atomic E-state index is 0.693. The third-order valence-corrected chi connectivity index (χ3v) is 5.85. The van der Waals surface area contributed by atoms with Crippen LogP contribution in [0.1, 0.15) is 5.56 Å². The highest BCUT2D eigenvalue weighted by Gasteiger charge is 2.48. The fraction of sp³-hybridized carbons (Fsp3) is 0.364. The Labute approximate surface area is 111 Å². The molecule has 2 aliphatic heterocycles. The molecule has 5 nitrogen and oxygen atoms in total. The van der Waals surface area contributed by atoms with E-state index in [1.54, 1.807) is 18.3 Å². The summed E-state index contributed by atoms with van der Waals surface area (Å²) in [4.78, 5) is 0. The van der Waals surface area contributed by atoms with E-state index in [1.807, 2.05) is 21.5 Å². The molecule has 18 heavy (non-hydrogen) atoms. The quantitative estimate of drug-likeness (QED) is 0.389. The smallest absolute Gasteiger partial charge is 0.262 e. The summed E-state index contributed by atoms with van der Waals surface area (Å²) in [5.41, 5.74) is 0.926. The molecule has 1 aromatic rings. The highest BCUT2D eigenvalue weighted by Crippen LogP contribution is 2.56. The summed E-state index contributed by atoms with van der Waals surface area (Å²) >= 11 is 5.80. The van der Waals surface area contributed by atoms with E-state index in [4.69, 9.17) is 11.6 Å². The van der Waals surface area contributed by atoms with E-state index in [1.165, 1.54) is 0 Å². The van der Waals surface area contributed by atoms with Crippen LogP contribution in [-0.2, 0) is 4.57 Å². The first-order valence-corrected chi connectivity index (χ1v) is 7.84. The Morgan fingerprint density at radius 1 is 1.17 bits per heavy atom. The van der Waals surface area contributed by atoms with Crippen LogP contribution in [0.25, 0.3) is 0 Å². The van der Waals surface area contributed by atoms with Gasteiger partial charge in [-0.1, -0.05) is 23.7 Å². The van der Waals surface area contributed by atoms with Crippen molar-refractivity contribution in [3.63, 3.8) is 0 Å². The van der Waals surface area contributed by atoms with Crippen molar-refractivity contribution in [3.05, 3.63) is 34.9 Å². The summed E-state index contributed by atoms with van der Waals surface area (Å²) < 4.78 is 16.4. The average molecular weight is 285 g/mol. The fourth-order valence-corrected chi connectivity index (χ4v) is 3.87. The molecule has 2 aliphatic rings. The van der Waals surface area contributed by atoms with Crippen LogP contribution in [0.2, 0.25) is 5.02 Å². The highest BCUT2D eigenvalue weighted by atomic mass is 35.5. The van der Waals surface area contributed by atoms with Gasteiger partial charge in [0.1, 0.15) is 0 Å². The van der Waals surface area contributed by atoms with E-state index >= 15 is 0 Å². The molecule has 0 radical (unpaired) electrons. The Balaban J connectivity index is 1.66. The van der Waals surface area contributed by atoms with E-state index in [9.17, 15) is 4.57 Å². The largest absolute Gasteiger partial charge is 0.324 e.